The van der Waals surface area contributed by atoms with Gasteiger partial charge in [0, 0.05) is 28.4 Å². The lowest BCUT2D eigenvalue weighted by molar-refractivity contribution is 0.168. The Hall–Kier alpha value is -2.25. The second kappa shape index (κ2) is 12.3. The Labute approximate surface area is 220 Å². The number of benzene rings is 1. The standard InChI is InChI=1S/C28H41ClN4O3/c1-19(2)18-35-25-12-11-24(29)15-23(25)17-33-20(3)26(27(31-33)36-28(30)34)22-9-7-21(8-10-22)16-32-13-5-4-6-14-32/h11-12,15,19,21-22H,4-10,13-14,16-18H2,1-3H3,(H2,30,34). The Morgan fingerprint density at radius 2 is 1.89 bits per heavy atom. The van der Waals surface area contributed by atoms with Crippen LogP contribution in [-0.2, 0) is 6.54 Å². The van der Waals surface area contributed by atoms with E-state index >= 15 is 0 Å². The van der Waals surface area contributed by atoms with Crippen molar-refractivity contribution in [3.63, 3.8) is 0 Å². The summed E-state index contributed by atoms with van der Waals surface area (Å²) in [4.78, 5) is 14.4. The number of carbonyl (C=O) groups excluding carboxylic acids is 1. The van der Waals surface area contributed by atoms with Gasteiger partial charge in [0.15, 0.2) is 0 Å². The molecule has 0 radical (unpaired) electrons. The number of hydrogen-bond donors (Lipinski definition) is 1. The fourth-order valence-electron chi connectivity index (χ4n) is 5.70. The van der Waals surface area contributed by atoms with Crippen molar-refractivity contribution in [1.82, 2.24) is 14.7 Å². The number of primary amides is 1. The van der Waals surface area contributed by atoms with Gasteiger partial charge in [0.1, 0.15) is 5.75 Å². The van der Waals surface area contributed by atoms with Crippen molar-refractivity contribution in [2.45, 2.75) is 78.2 Å². The van der Waals surface area contributed by atoms with Gasteiger partial charge >= 0.3 is 6.09 Å². The predicted molar refractivity (Wildman–Crippen MR) is 143 cm³/mol. The van der Waals surface area contributed by atoms with E-state index < -0.39 is 6.09 Å². The molecule has 0 atom stereocenters. The molecule has 1 amide bonds. The Morgan fingerprint density at radius 3 is 2.56 bits per heavy atom. The number of likely N-dealkylation sites (tertiary alicyclic amines) is 1. The minimum atomic E-state index is -0.830. The maximum absolute atomic E-state index is 11.7. The summed E-state index contributed by atoms with van der Waals surface area (Å²) in [5.74, 6) is 2.59. The molecule has 2 aliphatic rings. The van der Waals surface area contributed by atoms with Crippen molar-refractivity contribution < 1.29 is 14.3 Å². The summed E-state index contributed by atoms with van der Waals surface area (Å²) in [6.07, 6.45) is 7.71. The summed E-state index contributed by atoms with van der Waals surface area (Å²) < 4.78 is 13.4. The van der Waals surface area contributed by atoms with Crippen LogP contribution in [0.5, 0.6) is 11.6 Å². The molecule has 8 heteroatoms. The summed E-state index contributed by atoms with van der Waals surface area (Å²) in [6, 6.07) is 5.66. The molecule has 0 bridgehead atoms. The summed E-state index contributed by atoms with van der Waals surface area (Å²) in [7, 11) is 0. The van der Waals surface area contributed by atoms with Crippen LogP contribution in [-0.4, -0.2) is 47.0 Å². The summed E-state index contributed by atoms with van der Waals surface area (Å²) in [5, 5.41) is 5.33. The normalized spacial score (nSPS) is 21.0. The van der Waals surface area contributed by atoms with Gasteiger partial charge in [-0.3, -0.25) is 4.68 Å². The zero-order valence-corrected chi connectivity index (χ0v) is 22.7. The van der Waals surface area contributed by atoms with E-state index in [9.17, 15) is 4.79 Å². The van der Waals surface area contributed by atoms with Crippen LogP contribution >= 0.6 is 11.6 Å². The molecule has 198 valence electrons. The highest BCUT2D eigenvalue weighted by atomic mass is 35.5. The SMILES string of the molecule is Cc1c(C2CCC(CN3CCCCC3)CC2)c(OC(N)=O)nn1Cc1cc(Cl)ccc1OCC(C)C. The lowest BCUT2D eigenvalue weighted by Gasteiger charge is -2.34. The largest absolute Gasteiger partial charge is 0.493 e. The maximum atomic E-state index is 11.7. The van der Waals surface area contributed by atoms with E-state index in [2.05, 4.69) is 30.8 Å². The number of piperidine rings is 1. The highest BCUT2D eigenvalue weighted by molar-refractivity contribution is 6.30. The third-order valence-electron chi connectivity index (χ3n) is 7.55. The van der Waals surface area contributed by atoms with E-state index in [1.54, 1.807) is 0 Å². The first kappa shape index (κ1) is 26.8. The van der Waals surface area contributed by atoms with E-state index in [0.29, 0.717) is 35.9 Å². The van der Waals surface area contributed by atoms with Gasteiger partial charge in [-0.25, -0.2) is 4.79 Å². The maximum Gasteiger partial charge on any atom is 0.411 e. The first-order valence-electron chi connectivity index (χ1n) is 13.5. The summed E-state index contributed by atoms with van der Waals surface area (Å²) in [5.41, 5.74) is 8.37. The van der Waals surface area contributed by atoms with Crippen LogP contribution in [0, 0.1) is 18.8 Å². The van der Waals surface area contributed by atoms with Gasteiger partial charge in [-0.05, 0) is 94.5 Å². The topological polar surface area (TPSA) is 82.6 Å². The van der Waals surface area contributed by atoms with E-state index in [1.165, 1.54) is 51.7 Å². The zero-order chi connectivity index (χ0) is 25.7. The molecule has 7 nitrogen and oxygen atoms in total. The monoisotopic (exact) mass is 516 g/mol. The summed E-state index contributed by atoms with van der Waals surface area (Å²) in [6.45, 7) is 11.1. The Morgan fingerprint density at radius 1 is 1.17 bits per heavy atom. The fourth-order valence-corrected chi connectivity index (χ4v) is 5.89. The number of aromatic nitrogens is 2. The van der Waals surface area contributed by atoms with Gasteiger partial charge in [-0.15, -0.1) is 5.10 Å². The number of rotatable bonds is 9. The predicted octanol–water partition coefficient (Wildman–Crippen LogP) is 6.15. The molecular weight excluding hydrogens is 476 g/mol. The number of carbonyl (C=O) groups is 1. The lowest BCUT2D eigenvalue weighted by Crippen LogP contribution is -2.35. The van der Waals surface area contributed by atoms with Crippen LogP contribution in [0.3, 0.4) is 0 Å². The van der Waals surface area contributed by atoms with E-state index in [0.717, 1.165) is 41.3 Å². The number of ether oxygens (including phenoxy) is 2. The first-order chi connectivity index (χ1) is 17.3. The van der Waals surface area contributed by atoms with Crippen LogP contribution in [0.2, 0.25) is 5.02 Å². The minimum Gasteiger partial charge on any atom is -0.493 e. The average molecular weight is 517 g/mol. The molecule has 0 unspecified atom stereocenters. The van der Waals surface area contributed by atoms with Gasteiger partial charge in [0.05, 0.1) is 13.2 Å². The van der Waals surface area contributed by atoms with Gasteiger partial charge < -0.3 is 20.1 Å². The second-order valence-corrected chi connectivity index (χ2v) is 11.4. The molecule has 2 heterocycles. The molecule has 2 aromatic rings. The molecule has 4 rings (SSSR count). The number of halogens is 1. The molecule has 1 aromatic heterocycles. The third-order valence-corrected chi connectivity index (χ3v) is 7.79. The van der Waals surface area contributed by atoms with Crippen molar-refractivity contribution in [3.05, 3.63) is 40.0 Å². The number of hydrogen-bond acceptors (Lipinski definition) is 5. The van der Waals surface area contributed by atoms with Gasteiger partial charge in [0.25, 0.3) is 0 Å². The molecule has 36 heavy (non-hydrogen) atoms. The van der Waals surface area contributed by atoms with E-state index in [1.807, 2.05) is 22.9 Å². The van der Waals surface area contributed by atoms with Crippen molar-refractivity contribution in [1.29, 1.82) is 0 Å². The Bertz CT molecular complexity index is 1020. The van der Waals surface area contributed by atoms with E-state index in [4.69, 9.17) is 26.8 Å². The molecule has 1 saturated carbocycles. The van der Waals surface area contributed by atoms with Crippen LogP contribution in [0.25, 0.3) is 0 Å². The van der Waals surface area contributed by atoms with Crippen molar-refractivity contribution in [2.75, 3.05) is 26.2 Å². The second-order valence-electron chi connectivity index (χ2n) is 10.9. The van der Waals surface area contributed by atoms with Crippen LogP contribution < -0.4 is 15.2 Å². The number of amides is 1. The van der Waals surface area contributed by atoms with Crippen molar-refractivity contribution >= 4 is 17.7 Å². The fraction of sp³-hybridized carbons (Fsp3) is 0.643. The molecule has 2 N–H and O–H groups in total. The lowest BCUT2D eigenvalue weighted by atomic mass is 9.78. The van der Waals surface area contributed by atoms with Gasteiger partial charge in [-0.1, -0.05) is 31.9 Å². The van der Waals surface area contributed by atoms with Crippen LogP contribution in [0.4, 0.5) is 4.79 Å². The Kier molecular flexibility index (Phi) is 9.18. The first-order valence-corrected chi connectivity index (χ1v) is 13.9. The number of nitrogens with two attached hydrogens (primary N) is 1. The molecule has 2 fully saturated rings. The van der Waals surface area contributed by atoms with Crippen molar-refractivity contribution in [3.8, 4) is 11.6 Å². The number of nitrogens with zero attached hydrogens (tertiary/aromatic N) is 3. The zero-order valence-electron chi connectivity index (χ0n) is 22.0. The van der Waals surface area contributed by atoms with Crippen LogP contribution in [0.1, 0.15) is 81.5 Å². The smallest absolute Gasteiger partial charge is 0.411 e. The average Bonchev–Trinajstić information content (AvgIpc) is 3.13. The molecule has 1 saturated heterocycles. The van der Waals surface area contributed by atoms with Crippen molar-refractivity contribution in [2.24, 2.45) is 17.6 Å². The van der Waals surface area contributed by atoms with E-state index in [-0.39, 0.29) is 0 Å². The summed E-state index contributed by atoms with van der Waals surface area (Å²) >= 11 is 6.32. The molecule has 0 spiro atoms. The molecule has 1 aliphatic heterocycles. The van der Waals surface area contributed by atoms with Crippen LogP contribution in [0.15, 0.2) is 18.2 Å². The van der Waals surface area contributed by atoms with Gasteiger partial charge in [-0.2, -0.15) is 0 Å². The molecule has 1 aromatic carbocycles. The molecular formula is C28H41ClN4O3. The van der Waals surface area contributed by atoms with Gasteiger partial charge in [0.2, 0.25) is 5.88 Å². The molecule has 1 aliphatic carbocycles. The highest BCUT2D eigenvalue weighted by Gasteiger charge is 2.31. The Balaban J connectivity index is 1.51. The third kappa shape index (κ3) is 6.94. The minimum absolute atomic E-state index is 0.307. The quantitative estimate of drug-likeness (QED) is 0.432. The highest BCUT2D eigenvalue weighted by Crippen LogP contribution is 2.41.